The zero-order valence-corrected chi connectivity index (χ0v) is 11.1. The highest BCUT2D eigenvalue weighted by atomic mass is 16.6. The first kappa shape index (κ1) is 12.9. The number of hydrogen-bond donors (Lipinski definition) is 1. The van der Waals surface area contributed by atoms with Crippen LogP contribution < -0.4 is 5.32 Å². The Kier molecular flexibility index (Phi) is 3.15. The van der Waals surface area contributed by atoms with E-state index in [4.69, 9.17) is 0 Å². The van der Waals surface area contributed by atoms with Gasteiger partial charge in [-0.25, -0.2) is 15.0 Å². The zero-order chi connectivity index (χ0) is 14.8. The zero-order valence-electron chi connectivity index (χ0n) is 11.1. The van der Waals surface area contributed by atoms with Crippen molar-refractivity contribution in [3.63, 3.8) is 0 Å². The number of rotatable bonds is 3. The second-order valence-electron chi connectivity index (χ2n) is 4.43. The highest BCUT2D eigenvalue weighted by Gasteiger charge is 2.07. The molecule has 0 spiro atoms. The van der Waals surface area contributed by atoms with E-state index in [1.807, 2.05) is 31.2 Å². The van der Waals surface area contributed by atoms with Crippen molar-refractivity contribution >= 4 is 28.4 Å². The van der Waals surface area contributed by atoms with Gasteiger partial charge in [-0.05, 0) is 19.1 Å². The van der Waals surface area contributed by atoms with Gasteiger partial charge in [-0.3, -0.25) is 10.1 Å². The first-order chi connectivity index (χ1) is 10.1. The molecule has 0 unspecified atom stereocenters. The SMILES string of the molecule is Cc1nc(Nc2ccc([N+](=O)[O-])cn2)nc2ccccc12. The van der Waals surface area contributed by atoms with Crippen LogP contribution in [0.4, 0.5) is 17.5 Å². The number of benzene rings is 1. The van der Waals surface area contributed by atoms with Crippen molar-refractivity contribution in [2.75, 3.05) is 5.32 Å². The molecule has 21 heavy (non-hydrogen) atoms. The lowest BCUT2D eigenvalue weighted by Gasteiger charge is -2.07. The Morgan fingerprint density at radius 1 is 1.14 bits per heavy atom. The molecule has 0 atom stereocenters. The number of hydrogen-bond acceptors (Lipinski definition) is 6. The maximum Gasteiger partial charge on any atom is 0.287 e. The number of fused-ring (bicyclic) bond motifs is 1. The fourth-order valence-electron chi connectivity index (χ4n) is 1.97. The van der Waals surface area contributed by atoms with Crippen molar-refractivity contribution in [2.24, 2.45) is 0 Å². The van der Waals surface area contributed by atoms with E-state index in [2.05, 4.69) is 20.3 Å². The number of para-hydroxylation sites is 1. The summed E-state index contributed by atoms with van der Waals surface area (Å²) in [6, 6.07) is 10.6. The third kappa shape index (κ3) is 2.62. The number of nitrogens with zero attached hydrogens (tertiary/aromatic N) is 4. The van der Waals surface area contributed by atoms with Crippen LogP contribution in [0.5, 0.6) is 0 Å². The second kappa shape index (κ2) is 5.12. The predicted molar refractivity (Wildman–Crippen MR) is 78.4 cm³/mol. The van der Waals surface area contributed by atoms with Crippen molar-refractivity contribution in [2.45, 2.75) is 6.92 Å². The average Bonchev–Trinajstić information content (AvgIpc) is 2.48. The van der Waals surface area contributed by atoms with E-state index in [9.17, 15) is 10.1 Å². The molecule has 0 amide bonds. The third-order valence-electron chi connectivity index (χ3n) is 2.99. The van der Waals surface area contributed by atoms with E-state index in [0.29, 0.717) is 11.8 Å². The minimum Gasteiger partial charge on any atom is -0.309 e. The standard InChI is InChI=1S/C14H11N5O2/c1-9-11-4-2-3-5-12(11)17-14(16-9)18-13-7-6-10(8-15-13)19(20)21/h2-8H,1H3,(H,15,16,17,18). The van der Waals surface area contributed by atoms with E-state index in [1.165, 1.54) is 18.3 Å². The fourth-order valence-corrected chi connectivity index (χ4v) is 1.97. The maximum absolute atomic E-state index is 10.6. The van der Waals surface area contributed by atoms with Gasteiger partial charge >= 0.3 is 0 Å². The van der Waals surface area contributed by atoms with Crippen LogP contribution in [-0.4, -0.2) is 19.9 Å². The molecule has 2 aromatic heterocycles. The molecule has 0 saturated heterocycles. The Labute approximate surface area is 119 Å². The lowest BCUT2D eigenvalue weighted by Crippen LogP contribution is -2.01. The van der Waals surface area contributed by atoms with Gasteiger partial charge in [0.25, 0.3) is 5.69 Å². The number of nitrogens with one attached hydrogen (secondary N) is 1. The summed E-state index contributed by atoms with van der Waals surface area (Å²) < 4.78 is 0. The van der Waals surface area contributed by atoms with Crippen LogP contribution in [-0.2, 0) is 0 Å². The van der Waals surface area contributed by atoms with Crippen molar-refractivity contribution in [1.82, 2.24) is 15.0 Å². The molecule has 0 bridgehead atoms. The lowest BCUT2D eigenvalue weighted by atomic mass is 10.2. The smallest absolute Gasteiger partial charge is 0.287 e. The van der Waals surface area contributed by atoms with Crippen LogP contribution >= 0.6 is 0 Å². The second-order valence-corrected chi connectivity index (χ2v) is 4.43. The number of aryl methyl sites for hydroxylation is 1. The fraction of sp³-hybridized carbons (Fsp3) is 0.0714. The molecule has 7 nitrogen and oxygen atoms in total. The summed E-state index contributed by atoms with van der Waals surface area (Å²) in [5.74, 6) is 0.864. The number of anilines is 2. The summed E-state index contributed by atoms with van der Waals surface area (Å²) in [4.78, 5) is 22.8. The average molecular weight is 281 g/mol. The van der Waals surface area contributed by atoms with E-state index in [0.717, 1.165) is 16.6 Å². The van der Waals surface area contributed by atoms with Gasteiger partial charge < -0.3 is 5.32 Å². The quantitative estimate of drug-likeness (QED) is 0.586. The van der Waals surface area contributed by atoms with Gasteiger partial charge in [-0.15, -0.1) is 0 Å². The highest BCUT2D eigenvalue weighted by Crippen LogP contribution is 2.19. The number of pyridine rings is 1. The molecule has 3 aromatic rings. The molecule has 0 fully saturated rings. The predicted octanol–water partition coefficient (Wildman–Crippen LogP) is 2.99. The molecule has 0 aliphatic carbocycles. The molecule has 0 aliphatic heterocycles. The molecular formula is C14H11N5O2. The molecule has 0 saturated carbocycles. The lowest BCUT2D eigenvalue weighted by molar-refractivity contribution is -0.385. The first-order valence-corrected chi connectivity index (χ1v) is 6.24. The number of nitro groups is 1. The molecule has 0 radical (unpaired) electrons. The number of aromatic nitrogens is 3. The van der Waals surface area contributed by atoms with Crippen LogP contribution in [0.3, 0.4) is 0 Å². The molecule has 0 aliphatic rings. The van der Waals surface area contributed by atoms with Crippen LogP contribution in [0.2, 0.25) is 0 Å². The molecule has 1 aromatic carbocycles. The van der Waals surface area contributed by atoms with E-state index >= 15 is 0 Å². The van der Waals surface area contributed by atoms with Crippen molar-refractivity contribution < 1.29 is 4.92 Å². The minimum atomic E-state index is -0.493. The van der Waals surface area contributed by atoms with Gasteiger partial charge in [0.05, 0.1) is 16.1 Å². The Bertz CT molecular complexity index is 817. The first-order valence-electron chi connectivity index (χ1n) is 6.24. The summed E-state index contributed by atoms with van der Waals surface area (Å²) in [7, 11) is 0. The summed E-state index contributed by atoms with van der Waals surface area (Å²) in [5.41, 5.74) is 1.62. The largest absolute Gasteiger partial charge is 0.309 e. The highest BCUT2D eigenvalue weighted by molar-refractivity contribution is 5.81. The summed E-state index contributed by atoms with van der Waals surface area (Å²) in [5, 5.41) is 14.5. The van der Waals surface area contributed by atoms with Gasteiger partial charge in [0, 0.05) is 11.5 Å². The molecular weight excluding hydrogens is 270 g/mol. The van der Waals surface area contributed by atoms with Gasteiger partial charge in [-0.1, -0.05) is 18.2 Å². The van der Waals surface area contributed by atoms with Gasteiger partial charge in [-0.2, -0.15) is 0 Å². The van der Waals surface area contributed by atoms with Crippen LogP contribution in [0.25, 0.3) is 10.9 Å². The summed E-state index contributed by atoms with van der Waals surface area (Å²) >= 11 is 0. The van der Waals surface area contributed by atoms with Crippen molar-refractivity contribution in [1.29, 1.82) is 0 Å². The third-order valence-corrected chi connectivity index (χ3v) is 2.99. The topological polar surface area (TPSA) is 93.8 Å². The van der Waals surface area contributed by atoms with Crippen molar-refractivity contribution in [3.05, 3.63) is 58.4 Å². The minimum absolute atomic E-state index is 0.0591. The van der Waals surface area contributed by atoms with E-state index in [1.54, 1.807) is 0 Å². The summed E-state index contributed by atoms with van der Waals surface area (Å²) in [6.07, 6.45) is 1.19. The Balaban J connectivity index is 1.92. The van der Waals surface area contributed by atoms with E-state index in [-0.39, 0.29) is 5.69 Å². The van der Waals surface area contributed by atoms with Crippen LogP contribution in [0.15, 0.2) is 42.6 Å². The molecule has 3 rings (SSSR count). The molecule has 7 heteroatoms. The molecule has 104 valence electrons. The Morgan fingerprint density at radius 2 is 1.95 bits per heavy atom. The van der Waals surface area contributed by atoms with Gasteiger partial charge in [0.15, 0.2) is 0 Å². The Morgan fingerprint density at radius 3 is 2.67 bits per heavy atom. The van der Waals surface area contributed by atoms with Gasteiger partial charge in [0.2, 0.25) is 5.95 Å². The van der Waals surface area contributed by atoms with Gasteiger partial charge in [0.1, 0.15) is 12.0 Å². The van der Waals surface area contributed by atoms with Crippen molar-refractivity contribution in [3.8, 4) is 0 Å². The summed E-state index contributed by atoms with van der Waals surface area (Å²) in [6.45, 7) is 1.90. The molecule has 1 N–H and O–H groups in total. The van der Waals surface area contributed by atoms with Crippen LogP contribution in [0, 0.1) is 17.0 Å². The Hall–Kier alpha value is -3.09. The maximum atomic E-state index is 10.6. The van der Waals surface area contributed by atoms with Crippen LogP contribution in [0.1, 0.15) is 5.69 Å². The van der Waals surface area contributed by atoms with E-state index < -0.39 is 4.92 Å². The molecule has 2 heterocycles. The monoisotopic (exact) mass is 281 g/mol. The normalized spacial score (nSPS) is 10.5.